The van der Waals surface area contributed by atoms with Crippen LogP contribution in [0.25, 0.3) is 5.69 Å². The Morgan fingerprint density at radius 2 is 1.88 bits per heavy atom. The molecule has 1 aromatic carbocycles. The van der Waals surface area contributed by atoms with Gasteiger partial charge >= 0.3 is 5.97 Å². The van der Waals surface area contributed by atoms with E-state index in [0.29, 0.717) is 14.6 Å². The van der Waals surface area contributed by atoms with Crippen molar-refractivity contribution in [1.29, 1.82) is 0 Å². The van der Waals surface area contributed by atoms with Crippen LogP contribution in [0, 0.1) is 0 Å². The summed E-state index contributed by atoms with van der Waals surface area (Å²) < 4.78 is 2.88. The van der Waals surface area contributed by atoms with Gasteiger partial charge in [0.05, 0.1) is 11.3 Å². The van der Waals surface area contributed by atoms with Crippen LogP contribution in [0.3, 0.4) is 0 Å². The fourth-order valence-corrected chi connectivity index (χ4v) is 2.74. The number of nitrogens with zero attached hydrogens (tertiary/aromatic N) is 3. The number of carbonyl (C=O) groups is 1. The van der Waals surface area contributed by atoms with E-state index in [9.17, 15) is 4.79 Å². The van der Waals surface area contributed by atoms with Gasteiger partial charge in [0.2, 0.25) is 0 Å². The van der Waals surface area contributed by atoms with Crippen LogP contribution in [0.2, 0.25) is 0 Å². The van der Waals surface area contributed by atoms with Gasteiger partial charge in [-0.2, -0.15) is 0 Å². The first-order chi connectivity index (χ1) is 7.59. The number of carboxylic acids is 1. The van der Waals surface area contributed by atoms with E-state index in [0.717, 1.165) is 0 Å². The normalized spacial score (nSPS) is 10.4. The minimum atomic E-state index is -1.01. The predicted molar refractivity (Wildman–Crippen MR) is 63.7 cm³/mol. The summed E-state index contributed by atoms with van der Waals surface area (Å²) >= 11 is 6.56. The third-order valence-corrected chi connectivity index (χ3v) is 3.00. The minimum Gasteiger partial charge on any atom is -0.478 e. The van der Waals surface area contributed by atoms with Gasteiger partial charge in [-0.1, -0.05) is 15.9 Å². The molecule has 0 unspecified atom stereocenters. The first-order valence-electron chi connectivity index (χ1n) is 4.17. The quantitative estimate of drug-likeness (QED) is 0.907. The highest BCUT2D eigenvalue weighted by Crippen LogP contribution is 2.29. The van der Waals surface area contributed by atoms with Crippen LogP contribution in [0.15, 0.2) is 33.7 Å². The van der Waals surface area contributed by atoms with Crippen molar-refractivity contribution in [3.05, 3.63) is 39.3 Å². The lowest BCUT2D eigenvalue weighted by Gasteiger charge is -2.09. The summed E-state index contributed by atoms with van der Waals surface area (Å²) in [6.07, 6.45) is 2.89. The van der Waals surface area contributed by atoms with Crippen molar-refractivity contribution >= 4 is 37.8 Å². The highest BCUT2D eigenvalue weighted by atomic mass is 79.9. The molecule has 0 atom stereocenters. The van der Waals surface area contributed by atoms with E-state index >= 15 is 0 Å². The maximum absolute atomic E-state index is 11.1. The number of carboxylic acid groups (broad SMARTS) is 1. The molecule has 0 saturated carbocycles. The van der Waals surface area contributed by atoms with Crippen molar-refractivity contribution in [2.24, 2.45) is 0 Å². The molecular weight excluding hydrogens is 342 g/mol. The number of aromatic nitrogens is 3. The number of halogens is 2. The summed E-state index contributed by atoms with van der Waals surface area (Å²) in [5.74, 6) is -1.01. The predicted octanol–water partition coefficient (Wildman–Crippen LogP) is 2.49. The molecule has 0 bridgehead atoms. The molecule has 2 rings (SSSR count). The van der Waals surface area contributed by atoms with E-state index in [1.165, 1.54) is 18.7 Å². The van der Waals surface area contributed by atoms with Crippen LogP contribution in [0.4, 0.5) is 0 Å². The lowest BCUT2D eigenvalue weighted by Crippen LogP contribution is -2.05. The Hall–Kier alpha value is -1.21. The van der Waals surface area contributed by atoms with Gasteiger partial charge in [0.25, 0.3) is 0 Å². The average molecular weight is 347 g/mol. The highest BCUT2D eigenvalue weighted by Gasteiger charge is 2.16. The summed E-state index contributed by atoms with van der Waals surface area (Å²) in [7, 11) is 0. The molecule has 16 heavy (non-hydrogen) atoms. The summed E-state index contributed by atoms with van der Waals surface area (Å²) in [4.78, 5) is 11.1. The zero-order valence-electron chi connectivity index (χ0n) is 7.76. The van der Waals surface area contributed by atoms with Crippen LogP contribution >= 0.6 is 31.9 Å². The highest BCUT2D eigenvalue weighted by molar-refractivity contribution is 9.11. The van der Waals surface area contributed by atoms with Crippen molar-refractivity contribution < 1.29 is 9.90 Å². The van der Waals surface area contributed by atoms with Gasteiger partial charge in [0.1, 0.15) is 12.7 Å². The zero-order valence-corrected chi connectivity index (χ0v) is 10.9. The molecule has 82 valence electrons. The Labute approximate surface area is 107 Å². The third-order valence-electron chi connectivity index (χ3n) is 1.94. The summed E-state index contributed by atoms with van der Waals surface area (Å²) in [6.45, 7) is 0. The van der Waals surface area contributed by atoms with Crippen LogP contribution < -0.4 is 0 Å². The van der Waals surface area contributed by atoms with Gasteiger partial charge in [-0.25, -0.2) is 4.79 Å². The second-order valence-electron chi connectivity index (χ2n) is 2.96. The molecule has 0 fully saturated rings. The van der Waals surface area contributed by atoms with Crippen molar-refractivity contribution in [2.75, 3.05) is 0 Å². The smallest absolute Gasteiger partial charge is 0.337 e. The van der Waals surface area contributed by atoms with Gasteiger partial charge < -0.3 is 5.11 Å². The molecule has 5 nitrogen and oxygen atoms in total. The summed E-state index contributed by atoms with van der Waals surface area (Å²) in [5.41, 5.74) is 0.668. The topological polar surface area (TPSA) is 68.0 Å². The molecule has 2 aromatic rings. The van der Waals surface area contributed by atoms with Gasteiger partial charge in [0, 0.05) is 8.95 Å². The van der Waals surface area contributed by atoms with Crippen LogP contribution in [-0.2, 0) is 0 Å². The monoisotopic (exact) mass is 345 g/mol. The van der Waals surface area contributed by atoms with Crippen LogP contribution in [-0.4, -0.2) is 25.8 Å². The maximum atomic E-state index is 11.1. The SMILES string of the molecule is O=C(O)c1cc(Br)cc(Br)c1-n1cnnc1. The number of rotatable bonds is 2. The molecule has 1 heterocycles. The second kappa shape index (κ2) is 4.34. The Balaban J connectivity index is 2.72. The van der Waals surface area contributed by atoms with Gasteiger partial charge in [-0.05, 0) is 28.1 Å². The average Bonchev–Trinajstić information content (AvgIpc) is 2.69. The van der Waals surface area contributed by atoms with Gasteiger partial charge in [-0.15, -0.1) is 10.2 Å². The molecule has 0 aliphatic carbocycles. The molecule has 1 aromatic heterocycles. The Morgan fingerprint density at radius 3 is 2.44 bits per heavy atom. The number of hydrogen-bond acceptors (Lipinski definition) is 3. The fraction of sp³-hybridized carbons (Fsp3) is 0. The molecule has 0 aliphatic rings. The summed E-state index contributed by atoms with van der Waals surface area (Å²) in [5, 5.41) is 16.4. The van der Waals surface area contributed by atoms with Crippen molar-refractivity contribution in [1.82, 2.24) is 14.8 Å². The van der Waals surface area contributed by atoms with E-state index in [1.807, 2.05) is 0 Å². The lowest BCUT2D eigenvalue weighted by atomic mass is 10.2. The van der Waals surface area contributed by atoms with E-state index in [4.69, 9.17) is 5.11 Å². The molecule has 1 N–H and O–H groups in total. The number of benzene rings is 1. The van der Waals surface area contributed by atoms with E-state index < -0.39 is 5.97 Å². The molecule has 0 spiro atoms. The molecule has 0 radical (unpaired) electrons. The molecular formula is C9H5Br2N3O2. The number of hydrogen-bond donors (Lipinski definition) is 1. The molecule has 0 amide bonds. The van der Waals surface area contributed by atoms with Gasteiger partial charge in [0.15, 0.2) is 0 Å². The Morgan fingerprint density at radius 1 is 1.25 bits per heavy atom. The molecule has 0 saturated heterocycles. The zero-order chi connectivity index (χ0) is 11.7. The van der Waals surface area contributed by atoms with E-state index in [1.54, 1.807) is 10.6 Å². The van der Waals surface area contributed by atoms with E-state index in [2.05, 4.69) is 42.1 Å². The van der Waals surface area contributed by atoms with Crippen molar-refractivity contribution in [3.63, 3.8) is 0 Å². The van der Waals surface area contributed by atoms with Crippen LogP contribution in [0.1, 0.15) is 10.4 Å². The molecule has 7 heteroatoms. The largest absolute Gasteiger partial charge is 0.478 e. The second-order valence-corrected chi connectivity index (χ2v) is 4.73. The van der Waals surface area contributed by atoms with Crippen molar-refractivity contribution in [3.8, 4) is 5.69 Å². The third kappa shape index (κ3) is 2.00. The van der Waals surface area contributed by atoms with Crippen molar-refractivity contribution in [2.45, 2.75) is 0 Å². The first-order valence-corrected chi connectivity index (χ1v) is 5.75. The molecule has 0 aliphatic heterocycles. The Bertz CT molecular complexity index is 540. The summed E-state index contributed by atoms with van der Waals surface area (Å²) in [6, 6.07) is 3.30. The van der Waals surface area contributed by atoms with Gasteiger partial charge in [-0.3, -0.25) is 4.57 Å². The Kier molecular flexibility index (Phi) is 3.06. The minimum absolute atomic E-state index is 0.168. The number of aromatic carboxylic acids is 1. The standard InChI is InChI=1S/C9H5Br2N3O2/c10-5-1-6(9(15)16)8(7(11)2-5)14-3-12-13-4-14/h1-4H,(H,15,16). The maximum Gasteiger partial charge on any atom is 0.337 e. The first kappa shape index (κ1) is 11.3. The van der Waals surface area contributed by atoms with Crippen LogP contribution in [0.5, 0.6) is 0 Å². The lowest BCUT2D eigenvalue weighted by molar-refractivity contribution is 0.0696. The van der Waals surface area contributed by atoms with E-state index in [-0.39, 0.29) is 5.56 Å². The fourth-order valence-electron chi connectivity index (χ4n) is 1.31.